The fourth-order valence-electron chi connectivity index (χ4n) is 1.24. The van der Waals surface area contributed by atoms with Gasteiger partial charge in [-0.1, -0.05) is 26.0 Å². The number of rotatable bonds is 8. The minimum Gasteiger partial charge on any atom is -0.359 e. The molecule has 0 fully saturated rings. The normalized spacial score (nSPS) is 12.9. The summed E-state index contributed by atoms with van der Waals surface area (Å²) in [6.07, 6.45) is 4.53. The van der Waals surface area contributed by atoms with Crippen LogP contribution in [-0.4, -0.2) is 24.5 Å². The molecule has 0 aromatic carbocycles. The third-order valence-corrected chi connectivity index (χ3v) is 3.90. The number of hydrogen-bond acceptors (Lipinski definition) is 2. The van der Waals surface area contributed by atoms with Gasteiger partial charge in [-0.05, 0) is 11.3 Å². The largest absolute Gasteiger partial charge is 0.359 e. The molecule has 0 rings (SSSR count). The van der Waals surface area contributed by atoms with Gasteiger partial charge in [0.2, 0.25) is 5.91 Å². The van der Waals surface area contributed by atoms with Crippen LogP contribution >= 0.6 is 11.8 Å². The van der Waals surface area contributed by atoms with Crippen LogP contribution in [0.2, 0.25) is 0 Å². The van der Waals surface area contributed by atoms with E-state index in [2.05, 4.69) is 32.3 Å². The van der Waals surface area contributed by atoms with Gasteiger partial charge >= 0.3 is 0 Å². The third kappa shape index (κ3) is 5.40. The van der Waals surface area contributed by atoms with Crippen molar-refractivity contribution in [2.24, 2.45) is 11.3 Å². The molecule has 0 aliphatic heterocycles. The van der Waals surface area contributed by atoms with Gasteiger partial charge in [0, 0.05) is 25.0 Å². The number of thioether (sulfide) groups is 1. The lowest BCUT2D eigenvalue weighted by Gasteiger charge is -2.28. The smallest absolute Gasteiger partial charge is 0.220 e. The van der Waals surface area contributed by atoms with E-state index in [0.29, 0.717) is 12.3 Å². The highest BCUT2D eigenvalue weighted by atomic mass is 32.2. The van der Waals surface area contributed by atoms with Crippen molar-refractivity contribution < 1.29 is 4.79 Å². The number of carbonyl (C=O) groups excluding carboxylic acids is 1. The molecule has 2 nitrogen and oxygen atoms in total. The number of hydrogen-bond donors (Lipinski definition) is 1. The second kappa shape index (κ2) is 7.55. The van der Waals surface area contributed by atoms with E-state index in [9.17, 15) is 4.79 Å². The van der Waals surface area contributed by atoms with Crippen molar-refractivity contribution in [3.63, 3.8) is 0 Å². The number of amides is 1. The van der Waals surface area contributed by atoms with Gasteiger partial charge in [0.1, 0.15) is 0 Å². The van der Waals surface area contributed by atoms with E-state index in [0.717, 1.165) is 11.5 Å². The molecular weight excluding hydrogens is 218 g/mol. The van der Waals surface area contributed by atoms with E-state index in [-0.39, 0.29) is 11.3 Å². The van der Waals surface area contributed by atoms with Crippen LogP contribution in [0.25, 0.3) is 0 Å². The first-order valence-electron chi connectivity index (χ1n) is 5.52. The Morgan fingerprint density at radius 1 is 1.50 bits per heavy atom. The Kier molecular flexibility index (Phi) is 7.22. The van der Waals surface area contributed by atoms with Crippen molar-refractivity contribution >= 4 is 17.7 Å². The highest BCUT2D eigenvalue weighted by Crippen LogP contribution is 2.31. The van der Waals surface area contributed by atoms with Gasteiger partial charge in [0.15, 0.2) is 0 Å². The molecule has 0 saturated heterocycles. The van der Waals surface area contributed by atoms with Gasteiger partial charge in [-0.2, -0.15) is 11.8 Å². The van der Waals surface area contributed by atoms with Gasteiger partial charge < -0.3 is 5.32 Å². The summed E-state index contributed by atoms with van der Waals surface area (Å²) in [5.74, 6) is 2.35. The molecule has 16 heavy (non-hydrogen) atoms. The van der Waals surface area contributed by atoms with Crippen LogP contribution in [-0.2, 0) is 4.79 Å². The molecule has 0 aromatic rings. The summed E-state index contributed by atoms with van der Waals surface area (Å²) < 4.78 is 0. The molecule has 3 heteroatoms. The van der Waals surface area contributed by atoms with Gasteiger partial charge in [-0.3, -0.25) is 4.79 Å². The van der Waals surface area contributed by atoms with E-state index in [1.807, 2.05) is 12.2 Å². The zero-order chi connectivity index (χ0) is 12.6. The lowest BCUT2D eigenvalue weighted by molar-refractivity contribution is -0.120. The second-order valence-electron chi connectivity index (χ2n) is 4.37. The predicted molar refractivity (Wildman–Crippen MR) is 73.7 cm³/mol. The molecule has 0 spiro atoms. The zero-order valence-corrected chi connectivity index (χ0v) is 11.4. The molecule has 1 N–H and O–H groups in total. The lowest BCUT2D eigenvalue weighted by atomic mass is 9.80. The van der Waals surface area contributed by atoms with E-state index in [1.165, 1.54) is 0 Å². The Hall–Kier alpha value is -0.700. The monoisotopic (exact) mass is 241 g/mol. The maximum Gasteiger partial charge on any atom is 0.220 e. The first kappa shape index (κ1) is 15.3. The zero-order valence-electron chi connectivity index (χ0n) is 10.6. The summed E-state index contributed by atoms with van der Waals surface area (Å²) in [5, 5.41) is 2.62. The third-order valence-electron chi connectivity index (χ3n) is 2.82. The van der Waals surface area contributed by atoms with Crippen LogP contribution < -0.4 is 5.32 Å². The standard InChI is InChI=1S/C13H23NOS/c1-6-11(13(3,4)7-2)10-16-9-8-12(15)14-5/h6-7,11H,1-2,8-10H2,3-5H3,(H,14,15). The van der Waals surface area contributed by atoms with Crippen molar-refractivity contribution in [1.82, 2.24) is 5.32 Å². The molecule has 0 aliphatic rings. The number of allylic oxidation sites excluding steroid dienone is 2. The molecule has 1 amide bonds. The summed E-state index contributed by atoms with van der Waals surface area (Å²) >= 11 is 1.79. The highest BCUT2D eigenvalue weighted by Gasteiger charge is 2.23. The molecule has 1 unspecified atom stereocenters. The first-order chi connectivity index (χ1) is 7.47. The van der Waals surface area contributed by atoms with E-state index in [1.54, 1.807) is 18.8 Å². The first-order valence-corrected chi connectivity index (χ1v) is 6.68. The van der Waals surface area contributed by atoms with E-state index < -0.39 is 0 Å². The maximum atomic E-state index is 11.0. The van der Waals surface area contributed by atoms with Crippen LogP contribution in [0.5, 0.6) is 0 Å². The quantitative estimate of drug-likeness (QED) is 0.523. The van der Waals surface area contributed by atoms with Gasteiger partial charge in [-0.25, -0.2) is 0 Å². The number of nitrogens with one attached hydrogen (secondary N) is 1. The Bertz CT molecular complexity index is 248. The molecule has 0 aromatic heterocycles. The van der Waals surface area contributed by atoms with Crippen molar-refractivity contribution in [3.8, 4) is 0 Å². The average molecular weight is 241 g/mol. The predicted octanol–water partition coefficient (Wildman–Crippen LogP) is 2.87. The fourth-order valence-corrected chi connectivity index (χ4v) is 2.55. The maximum absolute atomic E-state index is 11.0. The molecule has 0 saturated carbocycles. The Labute approximate surface area is 104 Å². The second-order valence-corrected chi connectivity index (χ2v) is 5.52. The molecule has 0 bridgehead atoms. The van der Waals surface area contributed by atoms with Gasteiger partial charge in [-0.15, -0.1) is 13.2 Å². The summed E-state index contributed by atoms with van der Waals surface area (Å²) in [7, 11) is 1.67. The van der Waals surface area contributed by atoms with Crippen molar-refractivity contribution in [2.75, 3.05) is 18.6 Å². The number of carbonyl (C=O) groups is 1. The van der Waals surface area contributed by atoms with Crippen LogP contribution in [0.3, 0.4) is 0 Å². The van der Waals surface area contributed by atoms with E-state index >= 15 is 0 Å². The van der Waals surface area contributed by atoms with Crippen molar-refractivity contribution in [1.29, 1.82) is 0 Å². The summed E-state index contributed by atoms with van der Waals surface area (Å²) in [6.45, 7) is 12.0. The van der Waals surface area contributed by atoms with Crippen LogP contribution in [0.15, 0.2) is 25.3 Å². The molecule has 92 valence electrons. The summed E-state index contributed by atoms with van der Waals surface area (Å²) in [6, 6.07) is 0. The lowest BCUT2D eigenvalue weighted by Crippen LogP contribution is -2.22. The Morgan fingerprint density at radius 3 is 2.56 bits per heavy atom. The summed E-state index contributed by atoms with van der Waals surface area (Å²) in [5.41, 5.74) is 0.0712. The minimum absolute atomic E-state index is 0.0712. The summed E-state index contributed by atoms with van der Waals surface area (Å²) in [4.78, 5) is 11.0. The molecular formula is C13H23NOS. The fraction of sp³-hybridized carbons (Fsp3) is 0.615. The molecule has 0 aliphatic carbocycles. The Balaban J connectivity index is 3.93. The Morgan fingerprint density at radius 2 is 2.12 bits per heavy atom. The van der Waals surface area contributed by atoms with Crippen LogP contribution in [0, 0.1) is 11.3 Å². The van der Waals surface area contributed by atoms with Crippen molar-refractivity contribution in [3.05, 3.63) is 25.3 Å². The minimum atomic E-state index is 0.0712. The highest BCUT2D eigenvalue weighted by molar-refractivity contribution is 7.99. The topological polar surface area (TPSA) is 29.1 Å². The van der Waals surface area contributed by atoms with Crippen LogP contribution in [0.4, 0.5) is 0 Å². The molecule has 0 heterocycles. The van der Waals surface area contributed by atoms with E-state index in [4.69, 9.17) is 0 Å². The van der Waals surface area contributed by atoms with Gasteiger partial charge in [0.05, 0.1) is 0 Å². The van der Waals surface area contributed by atoms with Crippen molar-refractivity contribution in [2.45, 2.75) is 20.3 Å². The van der Waals surface area contributed by atoms with Crippen LogP contribution in [0.1, 0.15) is 20.3 Å². The van der Waals surface area contributed by atoms with Gasteiger partial charge in [0.25, 0.3) is 0 Å². The SMILES string of the molecule is C=CC(CSCCC(=O)NC)C(C)(C)C=C. The average Bonchev–Trinajstić information content (AvgIpc) is 2.28. The molecule has 0 radical (unpaired) electrons. The molecule has 1 atom stereocenters.